The van der Waals surface area contributed by atoms with Gasteiger partial charge in [-0.05, 0) is 28.1 Å². The minimum Gasteiger partial charge on any atom is -0.197 e. The number of nitrogens with zero attached hydrogens (tertiary/aromatic N) is 4. The number of hydrogen-bond acceptors (Lipinski definition) is 3. The van der Waals surface area contributed by atoms with E-state index in [2.05, 4.69) is 27.7 Å². The summed E-state index contributed by atoms with van der Waals surface area (Å²) >= 11 is 0. The summed E-state index contributed by atoms with van der Waals surface area (Å²) < 4.78 is 1.79. The van der Waals surface area contributed by atoms with E-state index in [1.807, 2.05) is 12.1 Å². The van der Waals surface area contributed by atoms with Gasteiger partial charge in [-0.2, -0.15) is 4.52 Å². The highest BCUT2D eigenvalue weighted by molar-refractivity contribution is 5.60. The maximum absolute atomic E-state index is 3.91. The van der Waals surface area contributed by atoms with Crippen molar-refractivity contribution in [3.8, 4) is 0 Å². The van der Waals surface area contributed by atoms with E-state index in [0.29, 0.717) is 0 Å². The predicted octanol–water partition coefficient (Wildman–Crippen LogP) is 0.694. The molecule has 0 saturated heterocycles. The summed E-state index contributed by atoms with van der Waals surface area (Å²) in [5.74, 6) is 0. The van der Waals surface area contributed by atoms with Crippen LogP contribution in [0.5, 0.6) is 0 Å². The molecule has 2 heterocycles. The number of hydrogen-bond donors (Lipinski definition) is 0. The molecule has 0 aliphatic heterocycles. The Hall–Kier alpha value is -1.71. The molecule has 0 fully saturated rings. The third-order valence-corrected chi connectivity index (χ3v) is 2.10. The van der Waals surface area contributed by atoms with E-state index in [9.17, 15) is 0 Å². The van der Waals surface area contributed by atoms with Crippen molar-refractivity contribution in [2.75, 3.05) is 0 Å². The summed E-state index contributed by atoms with van der Waals surface area (Å²) in [5.41, 5.74) is 3.21. The van der Waals surface area contributed by atoms with Gasteiger partial charge in [0.25, 0.3) is 0 Å². The number of pyridine rings is 1. The number of tetrazole rings is 1. The van der Waals surface area contributed by atoms with Crippen LogP contribution in [0.25, 0.3) is 11.7 Å². The smallest absolute Gasteiger partial charge is 0.179 e. The Bertz CT molecular complexity index is 469. The van der Waals surface area contributed by atoms with Crippen LogP contribution in [-0.4, -0.2) is 20.0 Å². The molecule has 4 nitrogen and oxygen atoms in total. The van der Waals surface area contributed by atoms with Crippen LogP contribution in [0.4, 0.5) is 0 Å². The Morgan fingerprint density at radius 2 is 2.33 bits per heavy atom. The summed E-state index contributed by atoms with van der Waals surface area (Å²) in [6.07, 6.45) is 5.14. The molecule has 12 heavy (non-hydrogen) atoms. The van der Waals surface area contributed by atoms with Gasteiger partial charge in [-0.15, -0.1) is 5.10 Å². The third kappa shape index (κ3) is 0.592. The second kappa shape index (κ2) is 1.91. The minimum absolute atomic E-state index is 0.817. The molecule has 0 N–H and O–H groups in total. The summed E-state index contributed by atoms with van der Waals surface area (Å²) in [6, 6.07) is 3.97. The zero-order valence-corrected chi connectivity index (χ0v) is 6.31. The van der Waals surface area contributed by atoms with E-state index >= 15 is 0 Å². The highest BCUT2D eigenvalue weighted by Gasteiger charge is 2.10. The standard InChI is InChI=1S/C8H6N4/c1-2-6-4-5-8-9-10-11-12(8)7(6)3-1/h1-2,4-5H,3H2. The molecule has 4 heteroatoms. The summed E-state index contributed by atoms with van der Waals surface area (Å²) in [6.45, 7) is 0. The molecule has 1 aliphatic rings. The van der Waals surface area contributed by atoms with Gasteiger partial charge in [0.2, 0.25) is 0 Å². The van der Waals surface area contributed by atoms with Crippen molar-refractivity contribution < 1.29 is 0 Å². The van der Waals surface area contributed by atoms with Crippen LogP contribution in [0.15, 0.2) is 18.2 Å². The van der Waals surface area contributed by atoms with Crippen molar-refractivity contribution >= 4 is 11.7 Å². The first kappa shape index (κ1) is 5.88. The van der Waals surface area contributed by atoms with E-state index in [-0.39, 0.29) is 0 Å². The molecule has 0 unspecified atom stereocenters. The Balaban J connectivity index is 2.49. The first-order valence-electron chi connectivity index (χ1n) is 3.82. The van der Waals surface area contributed by atoms with Gasteiger partial charge >= 0.3 is 0 Å². The lowest BCUT2D eigenvalue weighted by Crippen LogP contribution is -1.97. The van der Waals surface area contributed by atoms with Gasteiger partial charge < -0.3 is 0 Å². The van der Waals surface area contributed by atoms with Gasteiger partial charge in [-0.3, -0.25) is 0 Å². The SMILES string of the molecule is C1=Cc2ccc3nnnn3c2C1. The number of fused-ring (bicyclic) bond motifs is 3. The molecule has 2 aromatic heterocycles. The van der Waals surface area contributed by atoms with Gasteiger partial charge in [0.1, 0.15) is 0 Å². The van der Waals surface area contributed by atoms with Gasteiger partial charge in [0, 0.05) is 6.42 Å². The van der Waals surface area contributed by atoms with Crippen LogP contribution in [0.1, 0.15) is 11.3 Å². The second-order valence-electron chi connectivity index (χ2n) is 2.79. The number of allylic oxidation sites excluding steroid dienone is 1. The fourth-order valence-corrected chi connectivity index (χ4v) is 1.53. The molecular formula is C8H6N4. The first-order valence-corrected chi connectivity index (χ1v) is 3.82. The zero-order valence-electron chi connectivity index (χ0n) is 6.31. The maximum Gasteiger partial charge on any atom is 0.179 e. The van der Waals surface area contributed by atoms with Crippen molar-refractivity contribution in [2.24, 2.45) is 0 Å². The highest BCUT2D eigenvalue weighted by Crippen LogP contribution is 2.18. The van der Waals surface area contributed by atoms with Crippen LogP contribution in [-0.2, 0) is 6.42 Å². The largest absolute Gasteiger partial charge is 0.197 e. The lowest BCUT2D eigenvalue weighted by Gasteiger charge is -1.98. The average Bonchev–Trinajstić information content (AvgIpc) is 2.71. The molecule has 0 aromatic carbocycles. The maximum atomic E-state index is 3.91. The molecule has 0 spiro atoms. The van der Waals surface area contributed by atoms with E-state index in [1.54, 1.807) is 4.52 Å². The minimum atomic E-state index is 0.817. The van der Waals surface area contributed by atoms with Crippen molar-refractivity contribution in [3.63, 3.8) is 0 Å². The van der Waals surface area contributed by atoms with Crippen molar-refractivity contribution in [3.05, 3.63) is 29.5 Å². The van der Waals surface area contributed by atoms with Gasteiger partial charge in [0.05, 0.1) is 5.69 Å². The predicted molar refractivity (Wildman–Crippen MR) is 43.5 cm³/mol. The average molecular weight is 158 g/mol. The molecule has 0 saturated carbocycles. The van der Waals surface area contributed by atoms with Crippen LogP contribution >= 0.6 is 0 Å². The van der Waals surface area contributed by atoms with Gasteiger partial charge in [-0.1, -0.05) is 12.2 Å². The van der Waals surface area contributed by atoms with Crippen LogP contribution in [0, 0.1) is 0 Å². The van der Waals surface area contributed by atoms with Crippen molar-refractivity contribution in [2.45, 2.75) is 6.42 Å². The molecule has 58 valence electrons. The molecule has 0 atom stereocenters. The summed E-state index contributed by atoms with van der Waals surface area (Å²) in [7, 11) is 0. The molecule has 0 radical (unpaired) electrons. The van der Waals surface area contributed by atoms with Gasteiger partial charge in [-0.25, -0.2) is 0 Å². The van der Waals surface area contributed by atoms with E-state index in [4.69, 9.17) is 0 Å². The topological polar surface area (TPSA) is 43.1 Å². The van der Waals surface area contributed by atoms with Gasteiger partial charge in [0.15, 0.2) is 5.65 Å². The summed E-state index contributed by atoms with van der Waals surface area (Å²) in [4.78, 5) is 0. The molecule has 0 amide bonds. The van der Waals surface area contributed by atoms with E-state index in [1.165, 1.54) is 11.3 Å². The Morgan fingerprint density at radius 3 is 3.33 bits per heavy atom. The Morgan fingerprint density at radius 1 is 1.33 bits per heavy atom. The highest BCUT2D eigenvalue weighted by atomic mass is 15.5. The molecule has 1 aliphatic carbocycles. The molecular weight excluding hydrogens is 152 g/mol. The molecule has 0 bridgehead atoms. The fraction of sp³-hybridized carbons (Fsp3) is 0.125. The van der Waals surface area contributed by atoms with Crippen LogP contribution < -0.4 is 0 Å². The lowest BCUT2D eigenvalue weighted by molar-refractivity contribution is 0.795. The lowest BCUT2D eigenvalue weighted by atomic mass is 10.2. The van der Waals surface area contributed by atoms with Crippen LogP contribution in [0.2, 0.25) is 0 Å². The van der Waals surface area contributed by atoms with Crippen molar-refractivity contribution in [1.29, 1.82) is 0 Å². The third-order valence-electron chi connectivity index (χ3n) is 2.10. The van der Waals surface area contributed by atoms with E-state index in [0.717, 1.165) is 12.1 Å². The second-order valence-corrected chi connectivity index (χ2v) is 2.79. The monoisotopic (exact) mass is 158 g/mol. The van der Waals surface area contributed by atoms with Crippen molar-refractivity contribution in [1.82, 2.24) is 20.0 Å². The first-order chi connectivity index (χ1) is 5.95. The Labute approximate surface area is 68.5 Å². The quantitative estimate of drug-likeness (QED) is 0.566. The van der Waals surface area contributed by atoms with E-state index < -0.39 is 0 Å². The normalized spacial score (nSPS) is 14.0. The number of aromatic nitrogens is 4. The zero-order chi connectivity index (χ0) is 7.97. The van der Waals surface area contributed by atoms with Crippen LogP contribution in [0.3, 0.4) is 0 Å². The fourth-order valence-electron chi connectivity index (χ4n) is 1.53. The summed E-state index contributed by atoms with van der Waals surface area (Å²) in [5, 5.41) is 11.4. The molecule has 3 rings (SSSR count). The molecule has 2 aromatic rings. The Kier molecular flexibility index (Phi) is 0.935. The number of rotatable bonds is 0.